The lowest BCUT2D eigenvalue weighted by atomic mass is 10.1. The van der Waals surface area contributed by atoms with Gasteiger partial charge in [-0.05, 0) is 24.0 Å². The molecule has 144 valence electrons. The van der Waals surface area contributed by atoms with Gasteiger partial charge in [0.25, 0.3) is 0 Å². The Morgan fingerprint density at radius 1 is 0.923 bits per heavy atom. The molecule has 5 nitrogen and oxygen atoms in total. The number of carbonyl (C=O) groups excluding carboxylic acids is 1. The number of benzene rings is 1. The number of hydrogen-bond donors (Lipinski definition) is 1. The number of rotatable bonds is 15. The fourth-order valence-electron chi connectivity index (χ4n) is 2.42. The third kappa shape index (κ3) is 11.4. The van der Waals surface area contributed by atoms with Crippen LogP contribution in [0.25, 0.3) is 6.08 Å². The molecule has 0 fully saturated rings. The Morgan fingerprint density at radius 3 is 2.15 bits per heavy atom. The number of carboxylic acids is 1. The maximum absolute atomic E-state index is 11.2. The molecule has 0 aliphatic carbocycles. The van der Waals surface area contributed by atoms with E-state index in [4.69, 9.17) is 14.6 Å². The second kappa shape index (κ2) is 14.1. The van der Waals surface area contributed by atoms with Gasteiger partial charge in [0, 0.05) is 6.61 Å². The summed E-state index contributed by atoms with van der Waals surface area (Å²) in [5.41, 5.74) is 2.29. The minimum atomic E-state index is -0.975. The standard InChI is InChI=1S/C21H30O5/c1-2-18-9-11-19(12-10-18)17-25-15-7-5-3-4-6-8-16-26-21(24)14-13-20(22)23/h2,9-12H,1,3-8,13-17H2,(H,22,23). The molecular weight excluding hydrogens is 332 g/mol. The first-order valence-corrected chi connectivity index (χ1v) is 9.28. The van der Waals surface area contributed by atoms with E-state index in [1.54, 1.807) is 0 Å². The summed E-state index contributed by atoms with van der Waals surface area (Å²) in [5.74, 6) is -1.40. The molecule has 1 aromatic rings. The van der Waals surface area contributed by atoms with Crippen molar-refractivity contribution < 1.29 is 24.2 Å². The number of ether oxygens (including phenoxy) is 2. The lowest BCUT2D eigenvalue weighted by molar-refractivity contribution is -0.147. The van der Waals surface area contributed by atoms with Gasteiger partial charge >= 0.3 is 11.9 Å². The minimum Gasteiger partial charge on any atom is -0.481 e. The van der Waals surface area contributed by atoms with Gasteiger partial charge in [0.05, 0.1) is 26.1 Å². The van der Waals surface area contributed by atoms with Crippen LogP contribution < -0.4 is 0 Å². The zero-order valence-electron chi connectivity index (χ0n) is 15.5. The van der Waals surface area contributed by atoms with Gasteiger partial charge in [-0.2, -0.15) is 0 Å². The van der Waals surface area contributed by atoms with Crippen LogP contribution in [-0.4, -0.2) is 30.3 Å². The Labute approximate surface area is 156 Å². The Hall–Kier alpha value is -2.14. The van der Waals surface area contributed by atoms with Crippen LogP contribution in [0.1, 0.15) is 62.5 Å². The van der Waals surface area contributed by atoms with Crippen molar-refractivity contribution in [2.45, 2.75) is 58.0 Å². The summed E-state index contributed by atoms with van der Waals surface area (Å²) in [6, 6.07) is 8.20. The van der Waals surface area contributed by atoms with E-state index in [1.807, 2.05) is 18.2 Å². The summed E-state index contributed by atoms with van der Waals surface area (Å²) in [5, 5.41) is 8.47. The predicted octanol–water partition coefficient (Wildman–Crippen LogP) is 4.59. The van der Waals surface area contributed by atoms with Crippen LogP contribution in [0.5, 0.6) is 0 Å². The fourth-order valence-corrected chi connectivity index (χ4v) is 2.42. The maximum Gasteiger partial charge on any atom is 0.306 e. The average molecular weight is 362 g/mol. The predicted molar refractivity (Wildman–Crippen MR) is 102 cm³/mol. The molecule has 0 aliphatic rings. The second-order valence-corrected chi connectivity index (χ2v) is 6.23. The Morgan fingerprint density at radius 2 is 1.54 bits per heavy atom. The molecule has 1 N–H and O–H groups in total. The van der Waals surface area contributed by atoms with E-state index in [0.29, 0.717) is 13.2 Å². The molecule has 0 saturated carbocycles. The van der Waals surface area contributed by atoms with Gasteiger partial charge in [-0.1, -0.05) is 62.6 Å². The normalized spacial score (nSPS) is 10.5. The van der Waals surface area contributed by atoms with Crippen LogP contribution in [-0.2, 0) is 25.7 Å². The number of carboxylic acid groups (broad SMARTS) is 1. The molecule has 0 bridgehead atoms. The van der Waals surface area contributed by atoms with Gasteiger partial charge in [-0.3, -0.25) is 9.59 Å². The third-order valence-corrected chi connectivity index (χ3v) is 3.97. The van der Waals surface area contributed by atoms with Crippen LogP contribution >= 0.6 is 0 Å². The van der Waals surface area contributed by atoms with Gasteiger partial charge in [-0.25, -0.2) is 0 Å². The summed E-state index contributed by atoms with van der Waals surface area (Å²) in [6.45, 7) is 5.53. The largest absolute Gasteiger partial charge is 0.481 e. The quantitative estimate of drug-likeness (QED) is 0.365. The third-order valence-electron chi connectivity index (χ3n) is 3.97. The van der Waals surface area contributed by atoms with E-state index in [0.717, 1.165) is 50.7 Å². The molecule has 0 atom stereocenters. The van der Waals surface area contributed by atoms with Gasteiger partial charge in [0.15, 0.2) is 0 Å². The number of unbranched alkanes of at least 4 members (excludes halogenated alkanes) is 5. The maximum atomic E-state index is 11.2. The molecule has 0 radical (unpaired) electrons. The zero-order valence-corrected chi connectivity index (χ0v) is 15.5. The molecule has 0 heterocycles. The van der Waals surface area contributed by atoms with E-state index in [-0.39, 0.29) is 12.8 Å². The van der Waals surface area contributed by atoms with Crippen molar-refractivity contribution in [1.82, 2.24) is 0 Å². The number of aliphatic carboxylic acids is 1. The van der Waals surface area contributed by atoms with Crippen molar-refractivity contribution in [3.63, 3.8) is 0 Å². The van der Waals surface area contributed by atoms with Gasteiger partial charge < -0.3 is 14.6 Å². The van der Waals surface area contributed by atoms with E-state index in [2.05, 4.69) is 18.7 Å². The van der Waals surface area contributed by atoms with Crippen LogP contribution in [0.4, 0.5) is 0 Å². The molecule has 26 heavy (non-hydrogen) atoms. The molecule has 1 rings (SSSR count). The Balaban J connectivity index is 1.86. The molecule has 5 heteroatoms. The van der Waals surface area contributed by atoms with Crippen LogP contribution in [0.15, 0.2) is 30.8 Å². The molecule has 0 saturated heterocycles. The highest BCUT2D eigenvalue weighted by atomic mass is 16.5. The highest BCUT2D eigenvalue weighted by Crippen LogP contribution is 2.09. The van der Waals surface area contributed by atoms with Crippen LogP contribution in [0.3, 0.4) is 0 Å². The van der Waals surface area contributed by atoms with Crippen molar-refractivity contribution in [3.05, 3.63) is 42.0 Å². The monoisotopic (exact) mass is 362 g/mol. The summed E-state index contributed by atoms with van der Waals surface area (Å²) < 4.78 is 10.7. The van der Waals surface area contributed by atoms with Crippen molar-refractivity contribution in [1.29, 1.82) is 0 Å². The van der Waals surface area contributed by atoms with Crippen LogP contribution in [0, 0.1) is 0 Å². The second-order valence-electron chi connectivity index (χ2n) is 6.23. The lowest BCUT2D eigenvalue weighted by Gasteiger charge is -2.06. The first-order chi connectivity index (χ1) is 12.6. The van der Waals surface area contributed by atoms with E-state index in [1.165, 1.54) is 5.56 Å². The number of carbonyl (C=O) groups is 2. The van der Waals surface area contributed by atoms with Gasteiger partial charge in [0.2, 0.25) is 0 Å². The summed E-state index contributed by atoms with van der Waals surface area (Å²) >= 11 is 0. The van der Waals surface area contributed by atoms with Crippen molar-refractivity contribution in [3.8, 4) is 0 Å². The average Bonchev–Trinajstić information content (AvgIpc) is 2.64. The lowest BCUT2D eigenvalue weighted by Crippen LogP contribution is -2.08. The number of hydrogen-bond acceptors (Lipinski definition) is 4. The van der Waals surface area contributed by atoms with E-state index >= 15 is 0 Å². The molecule has 0 aliphatic heterocycles. The molecular formula is C21H30O5. The summed E-state index contributed by atoms with van der Waals surface area (Å²) in [6.07, 6.45) is 7.89. The molecule has 1 aromatic carbocycles. The molecule has 0 aromatic heterocycles. The first-order valence-electron chi connectivity index (χ1n) is 9.28. The zero-order chi connectivity index (χ0) is 19.0. The highest BCUT2D eigenvalue weighted by Gasteiger charge is 2.05. The smallest absolute Gasteiger partial charge is 0.306 e. The van der Waals surface area contributed by atoms with E-state index < -0.39 is 11.9 Å². The minimum absolute atomic E-state index is 0.0479. The Kier molecular flexibility index (Phi) is 11.9. The first kappa shape index (κ1) is 21.9. The van der Waals surface area contributed by atoms with Crippen molar-refractivity contribution in [2.24, 2.45) is 0 Å². The van der Waals surface area contributed by atoms with Gasteiger partial charge in [0.1, 0.15) is 0 Å². The topological polar surface area (TPSA) is 72.8 Å². The fraction of sp³-hybridized carbons (Fsp3) is 0.524. The summed E-state index contributed by atoms with van der Waals surface area (Å²) in [7, 11) is 0. The van der Waals surface area contributed by atoms with Gasteiger partial charge in [-0.15, -0.1) is 0 Å². The molecule has 0 amide bonds. The highest BCUT2D eigenvalue weighted by molar-refractivity contribution is 5.76. The number of esters is 1. The van der Waals surface area contributed by atoms with Crippen LogP contribution in [0.2, 0.25) is 0 Å². The summed E-state index contributed by atoms with van der Waals surface area (Å²) in [4.78, 5) is 21.5. The van der Waals surface area contributed by atoms with Crippen molar-refractivity contribution >= 4 is 18.0 Å². The van der Waals surface area contributed by atoms with Crippen molar-refractivity contribution in [2.75, 3.05) is 13.2 Å². The molecule has 0 unspecified atom stereocenters. The molecule has 0 spiro atoms. The Bertz CT molecular complexity index is 536. The SMILES string of the molecule is C=Cc1ccc(COCCCCCCCCOC(=O)CCC(=O)O)cc1. The van der Waals surface area contributed by atoms with E-state index in [9.17, 15) is 9.59 Å².